The van der Waals surface area contributed by atoms with Gasteiger partial charge in [-0.3, -0.25) is 0 Å². The average Bonchev–Trinajstić information content (AvgIpc) is 3.00. The fraction of sp³-hybridized carbons (Fsp3) is 0.429. The van der Waals surface area contributed by atoms with Crippen molar-refractivity contribution in [2.75, 3.05) is 30.3 Å². The molecule has 0 unspecified atom stereocenters. The van der Waals surface area contributed by atoms with E-state index in [2.05, 4.69) is 44.8 Å². The second-order valence-corrected chi connectivity index (χ2v) is 7.87. The summed E-state index contributed by atoms with van der Waals surface area (Å²) in [6.45, 7) is 3.31. The van der Waals surface area contributed by atoms with E-state index in [1.165, 1.54) is 30.6 Å². The highest BCUT2D eigenvalue weighted by molar-refractivity contribution is 7.99. The summed E-state index contributed by atoms with van der Waals surface area (Å²) < 4.78 is 0. The van der Waals surface area contributed by atoms with Crippen molar-refractivity contribution in [3.8, 4) is 0 Å². The number of carbonyl (C=O) groups is 1. The number of aromatic nitrogens is 1. The summed E-state index contributed by atoms with van der Waals surface area (Å²) in [4.78, 5) is 20.1. The number of thioether (sulfide) groups is 1. The van der Waals surface area contributed by atoms with Crippen molar-refractivity contribution in [1.29, 1.82) is 0 Å². The van der Waals surface area contributed by atoms with Gasteiger partial charge in [-0.25, -0.2) is 9.78 Å². The summed E-state index contributed by atoms with van der Waals surface area (Å²) in [6, 6.07) is 14.2. The van der Waals surface area contributed by atoms with Gasteiger partial charge in [0.25, 0.3) is 0 Å². The van der Waals surface area contributed by atoms with E-state index in [4.69, 9.17) is 0 Å². The second kappa shape index (κ2) is 10.8. The van der Waals surface area contributed by atoms with Crippen molar-refractivity contribution >= 4 is 23.6 Å². The van der Waals surface area contributed by atoms with Crippen LogP contribution >= 0.6 is 11.8 Å². The molecule has 1 aromatic heterocycles. The largest absolute Gasteiger partial charge is 0.357 e. The SMILES string of the molecule is O=C(NCCSc1ccccc1)NCc1ccc(N2CCCCCC2)nc1. The molecule has 1 fully saturated rings. The van der Waals surface area contributed by atoms with Crippen molar-refractivity contribution in [3.05, 3.63) is 54.2 Å². The van der Waals surface area contributed by atoms with Crippen molar-refractivity contribution in [3.63, 3.8) is 0 Å². The number of benzene rings is 1. The molecule has 2 N–H and O–H groups in total. The highest BCUT2D eigenvalue weighted by Crippen LogP contribution is 2.17. The number of hydrogen-bond acceptors (Lipinski definition) is 4. The molecule has 0 radical (unpaired) electrons. The number of nitrogens with zero attached hydrogens (tertiary/aromatic N) is 2. The van der Waals surface area contributed by atoms with Crippen LogP contribution < -0.4 is 15.5 Å². The third-order valence-electron chi connectivity index (χ3n) is 4.59. The van der Waals surface area contributed by atoms with Crippen LogP contribution in [-0.4, -0.2) is 36.4 Å². The van der Waals surface area contributed by atoms with Crippen LogP contribution in [0.4, 0.5) is 10.6 Å². The van der Waals surface area contributed by atoms with E-state index < -0.39 is 0 Å². The number of amides is 2. The summed E-state index contributed by atoms with van der Waals surface area (Å²) in [5, 5.41) is 5.79. The third-order valence-corrected chi connectivity index (χ3v) is 5.61. The maximum Gasteiger partial charge on any atom is 0.315 e. The van der Waals surface area contributed by atoms with E-state index >= 15 is 0 Å². The molecule has 27 heavy (non-hydrogen) atoms. The van der Waals surface area contributed by atoms with Gasteiger partial charge in [-0.15, -0.1) is 11.8 Å². The summed E-state index contributed by atoms with van der Waals surface area (Å²) in [6.07, 6.45) is 6.99. The predicted molar refractivity (Wildman–Crippen MR) is 112 cm³/mol. The molecule has 1 saturated heterocycles. The Balaban J connectivity index is 1.34. The Morgan fingerprint density at radius 2 is 1.78 bits per heavy atom. The lowest BCUT2D eigenvalue weighted by atomic mass is 10.2. The van der Waals surface area contributed by atoms with Gasteiger partial charge < -0.3 is 15.5 Å². The Morgan fingerprint density at radius 1 is 1.00 bits per heavy atom. The van der Waals surface area contributed by atoms with Gasteiger partial charge in [-0.05, 0) is 36.6 Å². The molecule has 3 rings (SSSR count). The molecule has 2 heterocycles. The Morgan fingerprint density at radius 3 is 2.48 bits per heavy atom. The number of pyridine rings is 1. The summed E-state index contributed by atoms with van der Waals surface area (Å²) in [7, 11) is 0. The average molecular weight is 385 g/mol. The van der Waals surface area contributed by atoms with E-state index in [9.17, 15) is 4.79 Å². The lowest BCUT2D eigenvalue weighted by molar-refractivity contribution is 0.241. The van der Waals surface area contributed by atoms with Crippen LogP contribution in [0.25, 0.3) is 0 Å². The highest BCUT2D eigenvalue weighted by atomic mass is 32.2. The fourth-order valence-corrected chi connectivity index (χ4v) is 3.89. The summed E-state index contributed by atoms with van der Waals surface area (Å²) in [5.41, 5.74) is 1.02. The molecular weight excluding hydrogens is 356 g/mol. The minimum Gasteiger partial charge on any atom is -0.357 e. The minimum absolute atomic E-state index is 0.139. The van der Waals surface area contributed by atoms with Gasteiger partial charge in [0.05, 0.1) is 0 Å². The van der Waals surface area contributed by atoms with Crippen LogP contribution in [0.1, 0.15) is 31.2 Å². The monoisotopic (exact) mass is 384 g/mol. The quantitative estimate of drug-likeness (QED) is 0.558. The molecule has 1 aromatic carbocycles. The van der Waals surface area contributed by atoms with Crippen LogP contribution in [0.3, 0.4) is 0 Å². The normalized spacial score (nSPS) is 14.4. The van der Waals surface area contributed by atoms with Crippen molar-refractivity contribution in [2.45, 2.75) is 37.1 Å². The van der Waals surface area contributed by atoms with Gasteiger partial charge in [0.1, 0.15) is 5.82 Å². The van der Waals surface area contributed by atoms with Crippen molar-refractivity contribution in [2.24, 2.45) is 0 Å². The molecular formula is C21H28N4OS. The molecule has 0 spiro atoms. The first-order chi connectivity index (χ1) is 13.3. The third kappa shape index (κ3) is 6.79. The zero-order chi connectivity index (χ0) is 18.7. The molecule has 1 aliphatic rings. The molecule has 0 atom stereocenters. The lowest BCUT2D eigenvalue weighted by Crippen LogP contribution is -2.36. The summed E-state index contributed by atoms with van der Waals surface area (Å²) >= 11 is 1.74. The van der Waals surface area contributed by atoms with Crippen molar-refractivity contribution < 1.29 is 4.79 Å². The highest BCUT2D eigenvalue weighted by Gasteiger charge is 2.10. The fourth-order valence-electron chi connectivity index (χ4n) is 3.10. The van der Waals surface area contributed by atoms with Crippen molar-refractivity contribution in [1.82, 2.24) is 15.6 Å². The first-order valence-corrected chi connectivity index (χ1v) is 10.7. The van der Waals surface area contributed by atoms with E-state index in [0.29, 0.717) is 13.1 Å². The maximum absolute atomic E-state index is 11.9. The number of nitrogens with one attached hydrogen (secondary N) is 2. The molecule has 0 bridgehead atoms. The van der Waals surface area contributed by atoms with Crippen LogP contribution in [0, 0.1) is 0 Å². The van der Waals surface area contributed by atoms with E-state index in [1.54, 1.807) is 11.8 Å². The smallest absolute Gasteiger partial charge is 0.315 e. The van der Waals surface area contributed by atoms with Gasteiger partial charge in [-0.1, -0.05) is 37.1 Å². The first kappa shape index (κ1) is 19.5. The summed E-state index contributed by atoms with van der Waals surface area (Å²) in [5.74, 6) is 1.90. The van der Waals surface area contributed by atoms with Crippen LogP contribution in [0.2, 0.25) is 0 Å². The van der Waals surface area contributed by atoms with Gasteiger partial charge in [0.2, 0.25) is 0 Å². The zero-order valence-electron chi connectivity index (χ0n) is 15.7. The molecule has 2 amide bonds. The van der Waals surface area contributed by atoms with Gasteiger partial charge in [-0.2, -0.15) is 0 Å². The maximum atomic E-state index is 11.9. The Kier molecular flexibility index (Phi) is 7.84. The number of carbonyl (C=O) groups excluding carboxylic acids is 1. The van der Waals surface area contributed by atoms with Crippen LogP contribution in [0.15, 0.2) is 53.6 Å². The van der Waals surface area contributed by atoms with E-state index in [1.807, 2.05) is 24.4 Å². The number of hydrogen-bond donors (Lipinski definition) is 2. The Labute approximate surface area is 165 Å². The van der Waals surface area contributed by atoms with Gasteiger partial charge in [0, 0.05) is 43.0 Å². The zero-order valence-corrected chi connectivity index (χ0v) is 16.5. The predicted octanol–water partition coefficient (Wildman–Crippen LogP) is 4.05. The lowest BCUT2D eigenvalue weighted by Gasteiger charge is -2.21. The van der Waals surface area contributed by atoms with Crippen LogP contribution in [0.5, 0.6) is 0 Å². The van der Waals surface area contributed by atoms with E-state index in [-0.39, 0.29) is 6.03 Å². The minimum atomic E-state index is -0.139. The molecule has 6 heteroatoms. The van der Waals surface area contributed by atoms with Gasteiger partial charge in [0.15, 0.2) is 0 Å². The Hall–Kier alpha value is -2.21. The Bertz CT molecular complexity index is 685. The number of urea groups is 1. The topological polar surface area (TPSA) is 57.3 Å². The molecule has 0 saturated carbocycles. The molecule has 144 valence electrons. The first-order valence-electron chi connectivity index (χ1n) is 9.71. The van der Waals surface area contributed by atoms with E-state index in [0.717, 1.165) is 30.2 Å². The standard InChI is InChI=1S/C21H28N4OS/c26-21(22-12-15-27-19-8-4-3-5-9-19)24-17-18-10-11-20(23-16-18)25-13-6-1-2-7-14-25/h3-5,8-11,16H,1-2,6-7,12-15,17H2,(H2,22,24,26). The van der Waals surface area contributed by atoms with Gasteiger partial charge >= 0.3 is 6.03 Å². The number of rotatable bonds is 7. The molecule has 2 aromatic rings. The molecule has 5 nitrogen and oxygen atoms in total. The second-order valence-electron chi connectivity index (χ2n) is 6.70. The molecule has 0 aliphatic carbocycles. The van der Waals surface area contributed by atoms with Crippen LogP contribution in [-0.2, 0) is 6.54 Å². The molecule has 1 aliphatic heterocycles. The number of anilines is 1.